The second-order valence-corrected chi connectivity index (χ2v) is 3.59. The molecule has 0 radical (unpaired) electrons. The summed E-state index contributed by atoms with van der Waals surface area (Å²) in [5.74, 6) is 0. The predicted molar refractivity (Wildman–Crippen MR) is 69.3 cm³/mol. The summed E-state index contributed by atoms with van der Waals surface area (Å²) in [5.41, 5.74) is 2.18. The van der Waals surface area contributed by atoms with Crippen LogP contribution in [0.2, 0.25) is 0 Å². The molecule has 0 aliphatic heterocycles. The van der Waals surface area contributed by atoms with Gasteiger partial charge in [-0.2, -0.15) is 0 Å². The fourth-order valence-electron chi connectivity index (χ4n) is 1.06. The molecule has 2 rings (SSSR count). The monoisotopic (exact) mass is 247 g/mol. The molecule has 1 N–H and O–H groups in total. The van der Waals surface area contributed by atoms with E-state index in [1.807, 2.05) is 6.92 Å². The van der Waals surface area contributed by atoms with Crippen molar-refractivity contribution in [3.05, 3.63) is 59.2 Å². The van der Waals surface area contributed by atoms with Crippen LogP contribution in [0.5, 0.6) is 0 Å². The number of aliphatic hydroxyl groups is 1. The number of aromatic nitrogens is 2. The summed E-state index contributed by atoms with van der Waals surface area (Å²) < 4.78 is 20.6. The molecule has 0 aliphatic rings. The number of hydrogen-bond acceptors (Lipinski definition) is 4. The molecule has 0 spiro atoms. The number of aryl methyl sites for hydroxylation is 2. The summed E-state index contributed by atoms with van der Waals surface area (Å²) in [7, 11) is 0. The molecular weight excluding hydrogens is 228 g/mol. The SMILES string of the molecule is [2H]C(=O)c1ccc(C)nc1.[2H]C([2H])(O)c1ccc(C)nc1. The van der Waals surface area contributed by atoms with E-state index in [1.54, 1.807) is 25.1 Å². The van der Waals surface area contributed by atoms with E-state index >= 15 is 0 Å². The highest BCUT2D eigenvalue weighted by Gasteiger charge is 1.87. The Morgan fingerprint density at radius 2 is 1.83 bits per heavy atom. The van der Waals surface area contributed by atoms with Gasteiger partial charge in [0.15, 0.2) is 6.26 Å². The molecule has 0 saturated carbocycles. The summed E-state index contributed by atoms with van der Waals surface area (Å²) in [4.78, 5) is 18.1. The average molecular weight is 247 g/mol. The minimum Gasteiger partial charge on any atom is -0.392 e. The van der Waals surface area contributed by atoms with Crippen LogP contribution in [0.15, 0.2) is 36.7 Å². The molecule has 0 aliphatic carbocycles. The van der Waals surface area contributed by atoms with E-state index in [0.717, 1.165) is 11.4 Å². The Balaban J connectivity index is 0.000000211. The molecule has 0 fully saturated rings. The third-order valence-electron chi connectivity index (χ3n) is 2.07. The first-order chi connectivity index (χ1) is 9.70. The molecule has 4 heteroatoms. The van der Waals surface area contributed by atoms with Crippen molar-refractivity contribution in [1.82, 2.24) is 9.97 Å². The van der Waals surface area contributed by atoms with Crippen LogP contribution < -0.4 is 0 Å². The van der Waals surface area contributed by atoms with Crippen molar-refractivity contribution in [2.45, 2.75) is 20.4 Å². The second kappa shape index (κ2) is 7.29. The van der Waals surface area contributed by atoms with Crippen LogP contribution in [-0.2, 0) is 6.56 Å². The zero-order valence-electron chi connectivity index (χ0n) is 13.2. The molecule has 0 aromatic carbocycles. The smallest absolute Gasteiger partial charge is 0.151 e. The third kappa shape index (κ3) is 4.84. The van der Waals surface area contributed by atoms with Crippen LogP contribution in [0, 0.1) is 13.8 Å². The zero-order chi connectivity index (χ0) is 16.0. The van der Waals surface area contributed by atoms with Gasteiger partial charge < -0.3 is 5.11 Å². The van der Waals surface area contributed by atoms with Gasteiger partial charge in [-0.05, 0) is 37.6 Å². The Labute approximate surface area is 111 Å². The number of hydrogen-bond donors (Lipinski definition) is 1. The van der Waals surface area contributed by atoms with Crippen LogP contribution in [0.3, 0.4) is 0 Å². The molecule has 0 unspecified atom stereocenters. The van der Waals surface area contributed by atoms with Gasteiger partial charge in [0.2, 0.25) is 0 Å². The lowest BCUT2D eigenvalue weighted by molar-refractivity contribution is 0.112. The summed E-state index contributed by atoms with van der Waals surface area (Å²) in [5, 5.41) is 8.87. The normalized spacial score (nSPS) is 12.5. The number of pyridine rings is 2. The Hall–Kier alpha value is -2.07. The molecule has 2 heterocycles. The Morgan fingerprint density at radius 1 is 1.22 bits per heavy atom. The molecule has 2 aromatic rings. The highest BCUT2D eigenvalue weighted by Crippen LogP contribution is 1.97. The molecule has 0 amide bonds. The maximum absolute atomic E-state index is 10.4. The van der Waals surface area contributed by atoms with Gasteiger partial charge in [0.05, 0.1) is 9.30 Å². The second-order valence-electron chi connectivity index (χ2n) is 3.59. The lowest BCUT2D eigenvalue weighted by atomic mass is 10.3. The maximum Gasteiger partial charge on any atom is 0.151 e. The van der Waals surface area contributed by atoms with E-state index in [-0.39, 0.29) is 5.56 Å². The van der Waals surface area contributed by atoms with Crippen LogP contribution in [-0.4, -0.2) is 21.3 Å². The molecule has 18 heavy (non-hydrogen) atoms. The average Bonchev–Trinajstić information content (AvgIpc) is 2.39. The van der Waals surface area contributed by atoms with E-state index < -0.39 is 12.8 Å². The van der Waals surface area contributed by atoms with Gasteiger partial charge in [-0.25, -0.2) is 0 Å². The number of rotatable bonds is 2. The zero-order valence-corrected chi connectivity index (χ0v) is 10.2. The summed E-state index contributed by atoms with van der Waals surface area (Å²) >= 11 is 0. The maximum atomic E-state index is 10.4. The standard InChI is InChI=1S/C7H9NO.C7H7NO/c2*1-6-2-3-7(5-9)4-8-6/h2-4,9H,5H2,1H3;2-5H,1H3/i5D2;5D. The number of aldehydes is 1. The van der Waals surface area contributed by atoms with Gasteiger partial charge in [-0.15, -0.1) is 0 Å². The molecule has 4 nitrogen and oxygen atoms in total. The number of carbonyl (C=O) groups excluding carboxylic acids is 1. The van der Waals surface area contributed by atoms with Gasteiger partial charge in [-0.3, -0.25) is 14.8 Å². The first-order valence-electron chi connectivity index (χ1n) is 6.79. The van der Waals surface area contributed by atoms with E-state index in [1.165, 1.54) is 18.5 Å². The first-order valence-corrected chi connectivity index (χ1v) is 5.29. The van der Waals surface area contributed by atoms with Crippen molar-refractivity contribution in [3.8, 4) is 0 Å². The van der Waals surface area contributed by atoms with Crippen LogP contribution in [0.1, 0.15) is 31.4 Å². The summed E-state index contributed by atoms with van der Waals surface area (Å²) in [6.45, 7) is 1.36. The van der Waals surface area contributed by atoms with Crippen LogP contribution in [0.4, 0.5) is 0 Å². The van der Waals surface area contributed by atoms with Crippen LogP contribution in [0.25, 0.3) is 0 Å². The van der Waals surface area contributed by atoms with Gasteiger partial charge in [0, 0.05) is 29.3 Å². The molecule has 0 bridgehead atoms. The van der Waals surface area contributed by atoms with Gasteiger partial charge in [-0.1, -0.05) is 6.07 Å². The summed E-state index contributed by atoms with van der Waals surface area (Å²) in [6, 6.07) is 6.48. The number of carbonyl (C=O) groups is 1. The van der Waals surface area contributed by atoms with Crippen molar-refractivity contribution in [2.75, 3.05) is 0 Å². The van der Waals surface area contributed by atoms with Crippen molar-refractivity contribution < 1.29 is 14.0 Å². The fraction of sp³-hybridized carbons (Fsp3) is 0.214. The predicted octanol–water partition coefficient (Wildman–Crippen LogP) is 2.08. The summed E-state index contributed by atoms with van der Waals surface area (Å²) in [6.07, 6.45) is 2.05. The van der Waals surface area contributed by atoms with Crippen molar-refractivity contribution in [2.24, 2.45) is 0 Å². The Morgan fingerprint density at radius 3 is 2.22 bits per heavy atom. The first kappa shape index (κ1) is 9.91. The Bertz CT molecular complexity index is 593. The van der Waals surface area contributed by atoms with E-state index in [0.29, 0.717) is 5.56 Å². The van der Waals surface area contributed by atoms with E-state index in [4.69, 9.17) is 9.22 Å². The van der Waals surface area contributed by atoms with Crippen molar-refractivity contribution in [3.63, 3.8) is 0 Å². The topological polar surface area (TPSA) is 63.1 Å². The van der Waals surface area contributed by atoms with E-state index in [2.05, 4.69) is 9.97 Å². The molecular formula is C14H16N2O2. The third-order valence-corrected chi connectivity index (χ3v) is 2.07. The molecule has 2 aromatic heterocycles. The lowest BCUT2D eigenvalue weighted by Crippen LogP contribution is -1.85. The minimum atomic E-state index is -2.28. The number of nitrogens with zero attached hydrogens (tertiary/aromatic N) is 2. The fourth-order valence-corrected chi connectivity index (χ4v) is 1.06. The quantitative estimate of drug-likeness (QED) is 0.825. The largest absolute Gasteiger partial charge is 0.392 e. The van der Waals surface area contributed by atoms with Gasteiger partial charge in [0.1, 0.15) is 1.37 Å². The lowest BCUT2D eigenvalue weighted by Gasteiger charge is -1.93. The van der Waals surface area contributed by atoms with Crippen molar-refractivity contribution in [1.29, 1.82) is 0 Å². The van der Waals surface area contributed by atoms with E-state index in [9.17, 15) is 4.79 Å². The molecule has 0 atom stereocenters. The molecule has 94 valence electrons. The highest BCUT2D eigenvalue weighted by atomic mass is 16.3. The highest BCUT2D eigenvalue weighted by molar-refractivity contribution is 5.73. The molecule has 0 saturated heterocycles. The minimum absolute atomic E-state index is 0.183. The van der Waals surface area contributed by atoms with Crippen molar-refractivity contribution >= 4 is 6.26 Å². The van der Waals surface area contributed by atoms with Crippen LogP contribution >= 0.6 is 0 Å². The van der Waals surface area contributed by atoms with Gasteiger partial charge in [0.25, 0.3) is 0 Å². The van der Waals surface area contributed by atoms with Gasteiger partial charge >= 0.3 is 0 Å². The Kier molecular flexibility index (Phi) is 4.02.